The quantitative estimate of drug-likeness (QED) is 0.0710. The number of halogens is 1. The van der Waals surface area contributed by atoms with Crippen LogP contribution in [0.4, 0.5) is 0 Å². The zero-order chi connectivity index (χ0) is 37.2. The Balaban J connectivity index is 1.38. The summed E-state index contributed by atoms with van der Waals surface area (Å²) in [5.41, 5.74) is 9.92. The number of methoxy groups -OCH3 is 3. The molecule has 5 aromatic rings. The Labute approximate surface area is 317 Å². The number of hydrazine groups is 1. The number of aliphatic hydroxyl groups excluding tert-OH is 1. The molecule has 6 rings (SSSR count). The third-order valence-corrected chi connectivity index (χ3v) is 9.76. The molecule has 1 aliphatic rings. The smallest absolute Gasteiger partial charge is 0.266 e. The standard InChI is InChI=1S/C42H42BrN3O7/c1-49-36-24-28(25-37(50-2)38(36)51-3)27-44-46-41(48)42(26-33-12-7-8-13-35(33)43)39(31-16-14-30(15-17-31)29-10-5-4-6-11-29)53-40(45-42)32-18-20-34(21-19-32)52-23-9-22-47/h4-8,10-21,24-25,39,44,47H,9,22-23,26-27H2,1-3H3,(H,46,48)/t39-,42-/m0/s1. The van der Waals surface area contributed by atoms with Crippen molar-refractivity contribution >= 4 is 27.7 Å². The monoisotopic (exact) mass is 779 g/mol. The number of nitrogens with zero attached hydrogens (tertiary/aromatic N) is 1. The van der Waals surface area contributed by atoms with Gasteiger partial charge in [-0.05, 0) is 70.3 Å². The minimum absolute atomic E-state index is 0.0511. The topological polar surface area (TPSA) is 120 Å². The summed E-state index contributed by atoms with van der Waals surface area (Å²) < 4.78 is 29.9. The fourth-order valence-corrected chi connectivity index (χ4v) is 6.69. The van der Waals surface area contributed by atoms with E-state index in [0.29, 0.717) is 47.5 Å². The minimum atomic E-state index is -1.44. The van der Waals surface area contributed by atoms with Crippen molar-refractivity contribution in [2.45, 2.75) is 31.0 Å². The Morgan fingerprint density at radius 2 is 1.47 bits per heavy atom. The van der Waals surface area contributed by atoms with Crippen molar-refractivity contribution in [2.75, 3.05) is 34.5 Å². The molecule has 3 N–H and O–H groups in total. The second-order valence-electron chi connectivity index (χ2n) is 12.4. The first kappa shape index (κ1) is 37.4. The molecule has 2 atom stereocenters. The van der Waals surface area contributed by atoms with Crippen LogP contribution in [-0.4, -0.2) is 57.0 Å². The average Bonchev–Trinajstić information content (AvgIpc) is 3.59. The van der Waals surface area contributed by atoms with E-state index in [1.807, 2.05) is 103 Å². The van der Waals surface area contributed by atoms with Gasteiger partial charge in [-0.25, -0.2) is 10.4 Å². The van der Waals surface area contributed by atoms with Gasteiger partial charge in [-0.3, -0.25) is 10.2 Å². The first-order valence-electron chi connectivity index (χ1n) is 17.2. The highest BCUT2D eigenvalue weighted by Crippen LogP contribution is 2.44. The maximum absolute atomic E-state index is 14.8. The van der Waals surface area contributed by atoms with Crippen LogP contribution in [0.25, 0.3) is 11.1 Å². The van der Waals surface area contributed by atoms with Crippen LogP contribution < -0.4 is 29.8 Å². The first-order chi connectivity index (χ1) is 25.9. The molecule has 1 aliphatic heterocycles. The normalized spacial score (nSPS) is 16.3. The summed E-state index contributed by atoms with van der Waals surface area (Å²) >= 11 is 3.70. The number of carbonyl (C=O) groups excluding carboxylic acids is 1. The molecule has 10 nitrogen and oxygen atoms in total. The van der Waals surface area contributed by atoms with E-state index in [9.17, 15) is 4.79 Å². The lowest BCUT2D eigenvalue weighted by Crippen LogP contribution is -2.53. The van der Waals surface area contributed by atoms with Gasteiger partial charge in [0.15, 0.2) is 23.1 Å². The number of nitrogens with one attached hydrogen (secondary N) is 2. The number of amides is 1. The summed E-state index contributed by atoms with van der Waals surface area (Å²) in [4.78, 5) is 19.9. The Morgan fingerprint density at radius 1 is 0.830 bits per heavy atom. The van der Waals surface area contributed by atoms with E-state index in [1.165, 1.54) is 0 Å². The maximum atomic E-state index is 14.8. The van der Waals surface area contributed by atoms with Crippen LogP contribution >= 0.6 is 15.9 Å². The number of aliphatic imine (C=N–C) groups is 1. The van der Waals surface area contributed by atoms with E-state index in [2.05, 4.69) is 38.9 Å². The third-order valence-electron chi connectivity index (χ3n) is 8.99. The van der Waals surface area contributed by atoms with Gasteiger partial charge in [-0.15, -0.1) is 0 Å². The summed E-state index contributed by atoms with van der Waals surface area (Å²) in [6.07, 6.45) is -0.0380. The number of hydrogen-bond acceptors (Lipinski definition) is 9. The van der Waals surface area contributed by atoms with E-state index in [0.717, 1.165) is 32.3 Å². The Kier molecular flexibility index (Phi) is 12.3. The van der Waals surface area contributed by atoms with Crippen molar-refractivity contribution in [1.82, 2.24) is 10.9 Å². The molecule has 0 spiro atoms. The van der Waals surface area contributed by atoms with Gasteiger partial charge in [0.1, 0.15) is 5.75 Å². The van der Waals surface area contributed by atoms with Crippen LogP contribution in [0.5, 0.6) is 23.0 Å². The zero-order valence-corrected chi connectivity index (χ0v) is 31.4. The molecule has 0 radical (unpaired) electrons. The van der Waals surface area contributed by atoms with Crippen LogP contribution in [0.2, 0.25) is 0 Å². The fourth-order valence-electron chi connectivity index (χ4n) is 6.27. The number of hydrogen-bond donors (Lipinski definition) is 3. The summed E-state index contributed by atoms with van der Waals surface area (Å²) in [6, 6.07) is 37.0. The third kappa shape index (κ3) is 8.49. The van der Waals surface area contributed by atoms with Gasteiger partial charge >= 0.3 is 0 Å². The molecule has 11 heteroatoms. The number of carbonyl (C=O) groups is 1. The second kappa shape index (κ2) is 17.4. The first-order valence-corrected chi connectivity index (χ1v) is 18.0. The van der Waals surface area contributed by atoms with Crippen molar-refractivity contribution in [3.63, 3.8) is 0 Å². The fraction of sp³-hybridized carbons (Fsp3) is 0.238. The minimum Gasteiger partial charge on any atom is -0.494 e. The lowest BCUT2D eigenvalue weighted by atomic mass is 9.82. The Morgan fingerprint density at radius 3 is 2.11 bits per heavy atom. The summed E-state index contributed by atoms with van der Waals surface area (Å²) in [5, 5.41) is 9.15. The second-order valence-corrected chi connectivity index (χ2v) is 13.2. The van der Waals surface area contributed by atoms with Gasteiger partial charge in [-0.2, -0.15) is 0 Å². The van der Waals surface area contributed by atoms with Gasteiger partial charge in [0.25, 0.3) is 5.91 Å². The maximum Gasteiger partial charge on any atom is 0.266 e. The lowest BCUT2D eigenvalue weighted by molar-refractivity contribution is -0.130. The van der Waals surface area contributed by atoms with Crippen molar-refractivity contribution in [2.24, 2.45) is 4.99 Å². The molecule has 0 aliphatic carbocycles. The Bertz CT molecular complexity index is 2000. The number of benzene rings is 5. The van der Waals surface area contributed by atoms with Crippen molar-refractivity contribution < 1.29 is 33.6 Å². The van der Waals surface area contributed by atoms with E-state index in [1.54, 1.807) is 21.3 Å². The molecule has 274 valence electrons. The number of aliphatic hydroxyl groups is 1. The molecule has 0 saturated carbocycles. The van der Waals surface area contributed by atoms with Crippen molar-refractivity contribution in [3.8, 4) is 34.1 Å². The van der Waals surface area contributed by atoms with Crippen molar-refractivity contribution in [1.29, 1.82) is 0 Å². The number of ether oxygens (including phenoxy) is 5. The largest absolute Gasteiger partial charge is 0.494 e. The van der Waals surface area contributed by atoms with Gasteiger partial charge in [0.05, 0.1) is 27.9 Å². The number of rotatable bonds is 16. The van der Waals surface area contributed by atoms with Crippen LogP contribution in [0.1, 0.15) is 34.8 Å². The van der Waals surface area contributed by atoms with Gasteiger partial charge in [0, 0.05) is 36.0 Å². The van der Waals surface area contributed by atoms with Gasteiger partial charge in [0.2, 0.25) is 11.6 Å². The average molecular weight is 781 g/mol. The highest BCUT2D eigenvalue weighted by atomic mass is 79.9. The molecule has 0 bridgehead atoms. The molecule has 1 amide bonds. The highest BCUT2D eigenvalue weighted by molar-refractivity contribution is 9.10. The molecule has 0 unspecified atom stereocenters. The summed E-state index contributed by atoms with van der Waals surface area (Å²) in [7, 11) is 4.66. The van der Waals surface area contributed by atoms with Crippen LogP contribution in [-0.2, 0) is 22.5 Å². The van der Waals surface area contributed by atoms with Gasteiger partial charge < -0.3 is 28.8 Å². The van der Waals surface area contributed by atoms with Crippen LogP contribution in [0.3, 0.4) is 0 Å². The molecular formula is C42H42BrN3O7. The van der Waals surface area contributed by atoms with E-state index in [-0.39, 0.29) is 25.5 Å². The molecule has 53 heavy (non-hydrogen) atoms. The van der Waals surface area contributed by atoms with E-state index in [4.69, 9.17) is 33.8 Å². The van der Waals surface area contributed by atoms with Crippen molar-refractivity contribution in [3.05, 3.63) is 142 Å². The highest BCUT2D eigenvalue weighted by Gasteiger charge is 2.53. The van der Waals surface area contributed by atoms with E-state index >= 15 is 0 Å². The molecule has 1 heterocycles. The van der Waals surface area contributed by atoms with Crippen LogP contribution in [0, 0.1) is 0 Å². The molecule has 0 aromatic heterocycles. The molecule has 0 fully saturated rings. The van der Waals surface area contributed by atoms with Gasteiger partial charge in [-0.1, -0.05) is 88.7 Å². The predicted octanol–water partition coefficient (Wildman–Crippen LogP) is 7.22. The predicted molar refractivity (Wildman–Crippen MR) is 208 cm³/mol. The molecular weight excluding hydrogens is 738 g/mol. The summed E-state index contributed by atoms with van der Waals surface area (Å²) in [5.74, 6) is 2.09. The Hall–Kier alpha value is -5.36. The SMILES string of the molecule is COc1cc(CNNC(=O)[C@@]2(Cc3ccccc3Br)N=C(c3ccc(OCCCO)cc3)O[C@H]2c2ccc(-c3ccccc3)cc2)cc(OC)c1OC. The summed E-state index contributed by atoms with van der Waals surface area (Å²) in [6.45, 7) is 0.696. The lowest BCUT2D eigenvalue weighted by Gasteiger charge is -2.31. The van der Waals surface area contributed by atoms with E-state index < -0.39 is 11.6 Å². The molecule has 5 aromatic carbocycles. The molecule has 0 saturated heterocycles. The zero-order valence-electron chi connectivity index (χ0n) is 29.8. The van der Waals surface area contributed by atoms with Crippen LogP contribution in [0.15, 0.2) is 125 Å².